The summed E-state index contributed by atoms with van der Waals surface area (Å²) in [5, 5.41) is 3.87. The number of rotatable bonds is 5. The van der Waals surface area contributed by atoms with Crippen molar-refractivity contribution in [3.05, 3.63) is 28.7 Å². The third-order valence-corrected chi connectivity index (χ3v) is 6.37. The molecule has 106 valence electrons. The fourth-order valence-electron chi connectivity index (χ4n) is 2.82. The third kappa shape index (κ3) is 3.67. The van der Waals surface area contributed by atoms with E-state index in [1.165, 1.54) is 0 Å². The Kier molecular flexibility index (Phi) is 5.60. The molecule has 0 heterocycles. The van der Waals surface area contributed by atoms with Crippen molar-refractivity contribution >= 4 is 26.7 Å². The monoisotopic (exact) mass is 343 g/mol. The van der Waals surface area contributed by atoms with Crippen molar-refractivity contribution in [1.29, 1.82) is 0 Å². The van der Waals surface area contributed by atoms with Crippen LogP contribution in [-0.2, 0) is 10.8 Å². The lowest BCUT2D eigenvalue weighted by atomic mass is 10.1. The van der Waals surface area contributed by atoms with Crippen LogP contribution in [0.4, 0.5) is 0 Å². The Balaban J connectivity index is 2.04. The molecule has 1 fully saturated rings. The second kappa shape index (κ2) is 7.00. The Morgan fingerprint density at radius 1 is 1.42 bits per heavy atom. The van der Waals surface area contributed by atoms with Crippen LogP contribution in [0.1, 0.15) is 33.1 Å². The van der Waals surface area contributed by atoms with Gasteiger partial charge in [-0.05, 0) is 49.9 Å². The average Bonchev–Trinajstić information content (AvgIpc) is 2.77. The zero-order valence-corrected chi connectivity index (χ0v) is 14.0. The molecular formula is C15H22BrNOS. The molecule has 2 nitrogen and oxygen atoms in total. The normalized spacial score (nSPS) is 28.5. The molecule has 19 heavy (non-hydrogen) atoms. The zero-order chi connectivity index (χ0) is 13.8. The molecule has 0 saturated heterocycles. The molecule has 4 heteroatoms. The van der Waals surface area contributed by atoms with Gasteiger partial charge < -0.3 is 5.32 Å². The summed E-state index contributed by atoms with van der Waals surface area (Å²) in [6.07, 6.45) is 3.36. The van der Waals surface area contributed by atoms with Gasteiger partial charge in [-0.1, -0.05) is 35.8 Å². The summed E-state index contributed by atoms with van der Waals surface area (Å²) in [5.74, 6) is 0.478. The first-order chi connectivity index (χ1) is 9.13. The number of benzene rings is 1. The molecule has 2 rings (SSSR count). The van der Waals surface area contributed by atoms with Crippen LogP contribution >= 0.6 is 15.9 Å². The molecule has 0 aromatic heterocycles. The van der Waals surface area contributed by atoms with Gasteiger partial charge in [0.25, 0.3) is 0 Å². The summed E-state index contributed by atoms with van der Waals surface area (Å²) in [5.41, 5.74) is 0. The lowest BCUT2D eigenvalue weighted by Gasteiger charge is -2.21. The predicted molar refractivity (Wildman–Crippen MR) is 84.8 cm³/mol. The van der Waals surface area contributed by atoms with Crippen molar-refractivity contribution in [3.63, 3.8) is 0 Å². The summed E-state index contributed by atoms with van der Waals surface area (Å²) in [7, 11) is -0.895. The Labute approximate surface area is 127 Å². The largest absolute Gasteiger partial charge is 0.314 e. The van der Waals surface area contributed by atoms with Gasteiger partial charge in [-0.2, -0.15) is 0 Å². The minimum atomic E-state index is -0.895. The van der Waals surface area contributed by atoms with E-state index < -0.39 is 10.8 Å². The maximum Gasteiger partial charge on any atom is 0.0564 e. The minimum absolute atomic E-state index is 0.281. The van der Waals surface area contributed by atoms with Gasteiger partial charge in [-0.25, -0.2) is 0 Å². The smallest absolute Gasteiger partial charge is 0.0564 e. The average molecular weight is 344 g/mol. The van der Waals surface area contributed by atoms with E-state index in [0.29, 0.717) is 12.0 Å². The van der Waals surface area contributed by atoms with Crippen LogP contribution in [0.3, 0.4) is 0 Å². The van der Waals surface area contributed by atoms with Gasteiger partial charge in [0.1, 0.15) is 0 Å². The molecule has 1 aromatic carbocycles. The van der Waals surface area contributed by atoms with Crippen molar-refractivity contribution < 1.29 is 4.21 Å². The summed E-state index contributed by atoms with van der Waals surface area (Å²) >= 11 is 3.45. The Morgan fingerprint density at radius 3 is 2.89 bits per heavy atom. The highest BCUT2D eigenvalue weighted by molar-refractivity contribution is 9.10. The molecule has 0 spiro atoms. The first-order valence-corrected chi connectivity index (χ1v) is 9.03. The highest BCUT2D eigenvalue weighted by Crippen LogP contribution is 2.33. The molecule has 1 saturated carbocycles. The standard InChI is InChI=1S/C15H22BrNOS/c1-3-9-17-14-7-8-15(11(14)2)19(18)13-6-4-5-12(16)10-13/h4-6,10-11,14-15,17H,3,7-9H2,1-2H3. The third-order valence-electron chi connectivity index (χ3n) is 3.94. The molecule has 1 aliphatic carbocycles. The van der Waals surface area contributed by atoms with Crippen LogP contribution < -0.4 is 5.32 Å². The van der Waals surface area contributed by atoms with Gasteiger partial charge in [0.2, 0.25) is 0 Å². The summed E-state index contributed by atoms with van der Waals surface area (Å²) in [4.78, 5) is 0.947. The summed E-state index contributed by atoms with van der Waals surface area (Å²) in [6, 6.07) is 8.42. The number of nitrogens with one attached hydrogen (secondary N) is 1. The predicted octanol–water partition coefficient (Wildman–Crippen LogP) is 3.72. The van der Waals surface area contributed by atoms with E-state index in [-0.39, 0.29) is 5.25 Å². The molecule has 0 amide bonds. The molecular weight excluding hydrogens is 322 g/mol. The molecule has 1 aromatic rings. The zero-order valence-electron chi connectivity index (χ0n) is 11.6. The van der Waals surface area contributed by atoms with Gasteiger partial charge in [0.15, 0.2) is 0 Å². The van der Waals surface area contributed by atoms with Crippen LogP contribution in [0.5, 0.6) is 0 Å². The van der Waals surface area contributed by atoms with Crippen LogP contribution in [0, 0.1) is 5.92 Å². The summed E-state index contributed by atoms with van der Waals surface area (Å²) in [6.45, 7) is 5.48. The van der Waals surface area contributed by atoms with Gasteiger partial charge in [-0.15, -0.1) is 0 Å². The highest BCUT2D eigenvalue weighted by Gasteiger charge is 2.36. The van der Waals surface area contributed by atoms with E-state index in [0.717, 1.165) is 35.2 Å². The van der Waals surface area contributed by atoms with Crippen molar-refractivity contribution in [3.8, 4) is 0 Å². The maximum absolute atomic E-state index is 12.7. The van der Waals surface area contributed by atoms with Crippen molar-refractivity contribution in [2.45, 2.75) is 49.3 Å². The van der Waals surface area contributed by atoms with Gasteiger partial charge in [0.05, 0.1) is 10.8 Å². The van der Waals surface area contributed by atoms with E-state index in [9.17, 15) is 4.21 Å². The minimum Gasteiger partial charge on any atom is -0.314 e. The molecule has 4 atom stereocenters. The van der Waals surface area contributed by atoms with E-state index >= 15 is 0 Å². The van der Waals surface area contributed by atoms with Gasteiger partial charge in [0, 0.05) is 20.7 Å². The fourth-order valence-corrected chi connectivity index (χ4v) is 5.10. The number of hydrogen-bond donors (Lipinski definition) is 1. The van der Waals surface area contributed by atoms with Crippen molar-refractivity contribution in [1.82, 2.24) is 5.32 Å². The second-order valence-corrected chi connectivity index (χ2v) is 7.88. The quantitative estimate of drug-likeness (QED) is 0.882. The SMILES string of the molecule is CCCNC1CCC(S(=O)c2cccc(Br)c2)C1C. The topological polar surface area (TPSA) is 29.1 Å². The molecule has 0 aliphatic heterocycles. The first kappa shape index (κ1) is 15.2. The van der Waals surface area contributed by atoms with Gasteiger partial charge in [-0.3, -0.25) is 4.21 Å². The van der Waals surface area contributed by atoms with E-state index in [4.69, 9.17) is 0 Å². The Morgan fingerprint density at radius 2 is 2.21 bits per heavy atom. The Bertz CT molecular complexity index is 452. The lowest BCUT2D eigenvalue weighted by molar-refractivity contribution is 0.429. The molecule has 4 unspecified atom stereocenters. The van der Waals surface area contributed by atoms with Crippen LogP contribution in [0.2, 0.25) is 0 Å². The molecule has 1 N–H and O–H groups in total. The van der Waals surface area contributed by atoms with E-state index in [1.807, 2.05) is 24.3 Å². The summed E-state index contributed by atoms with van der Waals surface area (Å²) < 4.78 is 13.7. The molecule has 0 radical (unpaired) electrons. The lowest BCUT2D eigenvalue weighted by Crippen LogP contribution is -2.35. The first-order valence-electron chi connectivity index (χ1n) is 7.03. The van der Waals surface area contributed by atoms with Crippen LogP contribution in [-0.4, -0.2) is 22.0 Å². The number of hydrogen-bond acceptors (Lipinski definition) is 2. The van der Waals surface area contributed by atoms with Gasteiger partial charge >= 0.3 is 0 Å². The van der Waals surface area contributed by atoms with E-state index in [1.54, 1.807) is 0 Å². The highest BCUT2D eigenvalue weighted by atomic mass is 79.9. The number of halogens is 1. The Hall–Kier alpha value is -0.190. The molecule has 0 bridgehead atoms. The molecule has 1 aliphatic rings. The van der Waals surface area contributed by atoms with Crippen LogP contribution in [0.25, 0.3) is 0 Å². The second-order valence-electron chi connectivity index (χ2n) is 5.29. The maximum atomic E-state index is 12.7. The van der Waals surface area contributed by atoms with Crippen molar-refractivity contribution in [2.24, 2.45) is 5.92 Å². The van der Waals surface area contributed by atoms with Crippen LogP contribution in [0.15, 0.2) is 33.6 Å². The van der Waals surface area contributed by atoms with E-state index in [2.05, 4.69) is 35.1 Å². The fraction of sp³-hybridized carbons (Fsp3) is 0.600. The van der Waals surface area contributed by atoms with Crippen molar-refractivity contribution in [2.75, 3.05) is 6.54 Å².